The minimum Gasteiger partial charge on any atom is -0.351 e. The fourth-order valence-electron chi connectivity index (χ4n) is 4.63. The highest BCUT2D eigenvalue weighted by Gasteiger charge is 2.30. The Morgan fingerprint density at radius 2 is 2.00 bits per heavy atom. The van der Waals surface area contributed by atoms with E-state index in [0.29, 0.717) is 12.2 Å². The Bertz CT molecular complexity index is 935. The SMILES string of the molecule is O=C(c1cc2ccccc2[nH]1)N1Cc2ccnn2[C@H](CCN2CCCCC2)C1. The number of carbonyl (C=O) groups excluding carboxylic acids is 1. The van der Waals surface area contributed by atoms with Gasteiger partial charge in [0.2, 0.25) is 0 Å². The lowest BCUT2D eigenvalue weighted by Gasteiger charge is -2.35. The van der Waals surface area contributed by atoms with Crippen LogP contribution in [0.4, 0.5) is 0 Å². The normalized spacial score (nSPS) is 20.4. The van der Waals surface area contributed by atoms with Crippen LogP contribution in [0.2, 0.25) is 0 Å². The van der Waals surface area contributed by atoms with E-state index in [4.69, 9.17) is 0 Å². The Kier molecular flexibility index (Phi) is 4.64. The average Bonchev–Trinajstić information content (AvgIpc) is 3.39. The number of para-hydroxylation sites is 1. The molecule has 1 N–H and O–H groups in total. The predicted molar refractivity (Wildman–Crippen MR) is 109 cm³/mol. The number of rotatable bonds is 4. The number of amides is 1. The van der Waals surface area contributed by atoms with Gasteiger partial charge in [0.25, 0.3) is 5.91 Å². The summed E-state index contributed by atoms with van der Waals surface area (Å²) < 4.78 is 2.14. The molecule has 146 valence electrons. The number of benzene rings is 1. The molecule has 1 fully saturated rings. The van der Waals surface area contributed by atoms with E-state index in [-0.39, 0.29) is 11.9 Å². The molecule has 6 heteroatoms. The van der Waals surface area contributed by atoms with Gasteiger partial charge in [0.05, 0.1) is 18.3 Å². The van der Waals surface area contributed by atoms with Gasteiger partial charge in [-0.25, -0.2) is 0 Å². The second-order valence-electron chi connectivity index (χ2n) is 8.07. The summed E-state index contributed by atoms with van der Waals surface area (Å²) in [6.45, 7) is 4.83. The molecule has 2 aliphatic rings. The maximum atomic E-state index is 13.2. The molecule has 0 bridgehead atoms. The maximum absolute atomic E-state index is 13.2. The van der Waals surface area contributed by atoms with Crippen LogP contribution in [0.1, 0.15) is 47.9 Å². The molecule has 0 radical (unpaired) electrons. The standard InChI is InChI=1S/C22H27N5O/c28-22(21-14-17-6-2-3-7-20(17)24-21)26-15-18-8-10-23-27(18)19(16-26)9-13-25-11-4-1-5-12-25/h2-3,6-8,10,14,19,24H,1,4-5,9,11-13,15-16H2/t19-/m1/s1. The molecule has 1 atom stereocenters. The number of hydrogen-bond acceptors (Lipinski definition) is 3. The fraction of sp³-hybridized carbons (Fsp3) is 0.455. The molecule has 5 rings (SSSR count). The quantitative estimate of drug-likeness (QED) is 0.758. The van der Waals surface area contributed by atoms with E-state index in [1.54, 1.807) is 0 Å². The van der Waals surface area contributed by atoms with Crippen LogP contribution in [-0.2, 0) is 6.54 Å². The average molecular weight is 377 g/mol. The molecule has 0 spiro atoms. The van der Waals surface area contributed by atoms with Crippen molar-refractivity contribution in [1.82, 2.24) is 24.6 Å². The lowest BCUT2D eigenvalue weighted by Crippen LogP contribution is -2.42. The van der Waals surface area contributed by atoms with Gasteiger partial charge in [0.1, 0.15) is 5.69 Å². The van der Waals surface area contributed by atoms with Crippen molar-refractivity contribution in [3.63, 3.8) is 0 Å². The summed E-state index contributed by atoms with van der Waals surface area (Å²) in [5.41, 5.74) is 2.80. The number of nitrogens with zero attached hydrogens (tertiary/aromatic N) is 4. The van der Waals surface area contributed by atoms with E-state index < -0.39 is 0 Å². The second-order valence-corrected chi connectivity index (χ2v) is 8.07. The maximum Gasteiger partial charge on any atom is 0.270 e. The molecule has 0 aliphatic carbocycles. The van der Waals surface area contributed by atoms with E-state index in [1.165, 1.54) is 32.4 Å². The number of H-pyrrole nitrogens is 1. The van der Waals surface area contributed by atoms with Crippen molar-refractivity contribution in [3.8, 4) is 0 Å². The highest BCUT2D eigenvalue weighted by Crippen LogP contribution is 2.26. The molecular formula is C22H27N5O. The molecule has 0 unspecified atom stereocenters. The van der Waals surface area contributed by atoms with Crippen molar-refractivity contribution in [2.24, 2.45) is 0 Å². The van der Waals surface area contributed by atoms with Gasteiger partial charge in [-0.2, -0.15) is 5.10 Å². The summed E-state index contributed by atoms with van der Waals surface area (Å²) in [5.74, 6) is 0.0756. The molecule has 2 aromatic heterocycles. The number of nitrogens with one attached hydrogen (secondary N) is 1. The van der Waals surface area contributed by atoms with Crippen LogP contribution in [0.15, 0.2) is 42.6 Å². The smallest absolute Gasteiger partial charge is 0.270 e. The molecule has 2 aliphatic heterocycles. The van der Waals surface area contributed by atoms with Gasteiger partial charge in [-0.05, 0) is 50.6 Å². The van der Waals surface area contributed by atoms with Crippen molar-refractivity contribution in [2.75, 3.05) is 26.2 Å². The first-order valence-electron chi connectivity index (χ1n) is 10.4. The van der Waals surface area contributed by atoms with Crippen LogP contribution in [0.3, 0.4) is 0 Å². The number of fused-ring (bicyclic) bond motifs is 2. The molecule has 1 aromatic carbocycles. The monoisotopic (exact) mass is 377 g/mol. The first-order chi connectivity index (χ1) is 13.8. The minimum absolute atomic E-state index is 0.0756. The lowest BCUT2D eigenvalue weighted by atomic mass is 10.1. The second kappa shape index (κ2) is 7.43. The van der Waals surface area contributed by atoms with Gasteiger partial charge in [-0.1, -0.05) is 24.6 Å². The third-order valence-corrected chi connectivity index (χ3v) is 6.16. The van der Waals surface area contributed by atoms with Crippen LogP contribution >= 0.6 is 0 Å². The lowest BCUT2D eigenvalue weighted by molar-refractivity contribution is 0.0649. The highest BCUT2D eigenvalue weighted by molar-refractivity contribution is 5.98. The molecule has 4 heterocycles. The number of piperidine rings is 1. The summed E-state index contributed by atoms with van der Waals surface area (Å²) in [5, 5.41) is 5.63. The van der Waals surface area contributed by atoms with Crippen LogP contribution in [0.5, 0.6) is 0 Å². The number of aromatic nitrogens is 3. The van der Waals surface area contributed by atoms with Crippen LogP contribution in [-0.4, -0.2) is 56.7 Å². The largest absolute Gasteiger partial charge is 0.351 e. The number of likely N-dealkylation sites (tertiary alicyclic amines) is 1. The molecule has 1 saturated heterocycles. The molecule has 6 nitrogen and oxygen atoms in total. The van der Waals surface area contributed by atoms with Crippen molar-refractivity contribution < 1.29 is 4.79 Å². The van der Waals surface area contributed by atoms with E-state index >= 15 is 0 Å². The van der Waals surface area contributed by atoms with Crippen molar-refractivity contribution in [3.05, 3.63) is 54.0 Å². The van der Waals surface area contributed by atoms with E-state index in [9.17, 15) is 4.79 Å². The van der Waals surface area contributed by atoms with Gasteiger partial charge >= 0.3 is 0 Å². The Morgan fingerprint density at radius 1 is 1.14 bits per heavy atom. The van der Waals surface area contributed by atoms with Gasteiger partial charge in [-0.15, -0.1) is 0 Å². The predicted octanol–water partition coefficient (Wildman–Crippen LogP) is 3.44. The summed E-state index contributed by atoms with van der Waals surface area (Å²) in [4.78, 5) is 21.0. The van der Waals surface area contributed by atoms with Crippen LogP contribution < -0.4 is 0 Å². The number of carbonyl (C=O) groups is 1. The van der Waals surface area contributed by atoms with E-state index in [0.717, 1.165) is 36.1 Å². The van der Waals surface area contributed by atoms with Crippen molar-refractivity contribution in [2.45, 2.75) is 38.3 Å². The first-order valence-corrected chi connectivity index (χ1v) is 10.4. The zero-order valence-corrected chi connectivity index (χ0v) is 16.2. The summed E-state index contributed by atoms with van der Waals surface area (Å²) in [6, 6.07) is 12.3. The van der Waals surface area contributed by atoms with Gasteiger partial charge in [-0.3, -0.25) is 9.48 Å². The highest BCUT2D eigenvalue weighted by atomic mass is 16.2. The minimum atomic E-state index is 0.0756. The molecular weight excluding hydrogens is 350 g/mol. The molecule has 0 saturated carbocycles. The van der Waals surface area contributed by atoms with Gasteiger partial charge in [0.15, 0.2) is 0 Å². The topological polar surface area (TPSA) is 57.2 Å². The number of hydrogen-bond donors (Lipinski definition) is 1. The number of aromatic amines is 1. The zero-order valence-electron chi connectivity index (χ0n) is 16.2. The first kappa shape index (κ1) is 17.5. The Balaban J connectivity index is 1.33. The third kappa shape index (κ3) is 3.33. The summed E-state index contributed by atoms with van der Waals surface area (Å²) >= 11 is 0. The Labute approximate surface area is 165 Å². The zero-order chi connectivity index (χ0) is 18.9. The van der Waals surface area contributed by atoms with Gasteiger partial charge in [0, 0.05) is 30.2 Å². The molecule has 1 amide bonds. The van der Waals surface area contributed by atoms with Crippen LogP contribution in [0.25, 0.3) is 10.9 Å². The van der Waals surface area contributed by atoms with Gasteiger partial charge < -0.3 is 14.8 Å². The third-order valence-electron chi connectivity index (χ3n) is 6.16. The fourth-order valence-corrected chi connectivity index (χ4v) is 4.63. The summed E-state index contributed by atoms with van der Waals surface area (Å²) in [7, 11) is 0. The Hall–Kier alpha value is -2.60. The van der Waals surface area contributed by atoms with Crippen molar-refractivity contribution >= 4 is 16.8 Å². The Morgan fingerprint density at radius 3 is 2.86 bits per heavy atom. The van der Waals surface area contributed by atoms with Crippen LogP contribution in [0, 0.1) is 0 Å². The molecule has 28 heavy (non-hydrogen) atoms. The van der Waals surface area contributed by atoms with Crippen molar-refractivity contribution in [1.29, 1.82) is 0 Å². The van der Waals surface area contributed by atoms with E-state index in [2.05, 4.69) is 19.7 Å². The van der Waals surface area contributed by atoms with E-state index in [1.807, 2.05) is 47.5 Å². The molecule has 3 aromatic rings. The summed E-state index contributed by atoms with van der Waals surface area (Å²) in [6.07, 6.45) is 6.87.